The monoisotopic (exact) mass is 479 g/mol. The molecular weight excluding hydrogens is 454 g/mol. The summed E-state index contributed by atoms with van der Waals surface area (Å²) in [6.07, 6.45) is -0.788. The van der Waals surface area contributed by atoms with E-state index >= 15 is 0 Å². The number of methoxy groups -OCH3 is 3. The Balaban J connectivity index is 1.90. The van der Waals surface area contributed by atoms with Gasteiger partial charge in [-0.25, -0.2) is 4.79 Å². The van der Waals surface area contributed by atoms with Crippen molar-refractivity contribution in [2.24, 2.45) is 0 Å². The molecule has 0 atom stereocenters. The van der Waals surface area contributed by atoms with E-state index in [1.807, 2.05) is 20.8 Å². The summed E-state index contributed by atoms with van der Waals surface area (Å²) in [6.45, 7) is 5.92. The molecule has 0 saturated carbocycles. The Labute approximate surface area is 195 Å². The van der Waals surface area contributed by atoms with E-state index in [0.717, 1.165) is 5.69 Å². The van der Waals surface area contributed by atoms with E-state index in [9.17, 15) is 9.59 Å². The van der Waals surface area contributed by atoms with Crippen LogP contribution in [-0.2, 0) is 19.7 Å². The van der Waals surface area contributed by atoms with Crippen molar-refractivity contribution < 1.29 is 28.5 Å². The molecule has 2 heterocycles. The molecule has 2 aromatic heterocycles. The van der Waals surface area contributed by atoms with Gasteiger partial charge in [-0.05, 0) is 0 Å². The lowest BCUT2D eigenvalue weighted by Gasteiger charge is -2.15. The van der Waals surface area contributed by atoms with E-state index in [1.165, 1.54) is 26.0 Å². The molecule has 33 heavy (non-hydrogen) atoms. The number of hydrogen-bond acceptors (Lipinski definition) is 8. The van der Waals surface area contributed by atoms with E-state index < -0.39 is 12.1 Å². The third kappa shape index (κ3) is 5.14. The number of anilines is 1. The minimum atomic E-state index is -0.742. The van der Waals surface area contributed by atoms with Crippen molar-refractivity contribution in [2.45, 2.75) is 32.6 Å². The molecule has 0 bridgehead atoms. The van der Waals surface area contributed by atoms with Crippen LogP contribution in [-0.4, -0.2) is 59.8 Å². The molecule has 11 nitrogen and oxygen atoms in total. The maximum atomic E-state index is 12.1. The molecule has 0 fully saturated rings. The van der Waals surface area contributed by atoms with Crippen LogP contribution >= 0.6 is 11.6 Å². The van der Waals surface area contributed by atoms with E-state index in [4.69, 9.17) is 25.8 Å². The van der Waals surface area contributed by atoms with Gasteiger partial charge in [-0.2, -0.15) is 5.10 Å². The Hall–Kier alpha value is -3.47. The number of aromatic amines is 1. The second-order valence-electron chi connectivity index (χ2n) is 8.07. The minimum absolute atomic E-state index is 0.0463. The van der Waals surface area contributed by atoms with Crippen LogP contribution in [0.5, 0.6) is 11.5 Å². The number of H-pyrrole nitrogens is 1. The lowest BCUT2D eigenvalue weighted by Crippen LogP contribution is -2.16. The Bertz CT molecular complexity index is 1150. The summed E-state index contributed by atoms with van der Waals surface area (Å²) in [5.41, 5.74) is 1.89. The van der Waals surface area contributed by atoms with Crippen molar-refractivity contribution >= 4 is 35.0 Å². The topological polar surface area (TPSA) is 129 Å². The highest BCUT2D eigenvalue weighted by Crippen LogP contribution is 2.41. The van der Waals surface area contributed by atoms with E-state index in [2.05, 4.69) is 25.2 Å². The zero-order chi connectivity index (χ0) is 24.3. The number of halogens is 1. The molecule has 0 saturated heterocycles. The van der Waals surface area contributed by atoms with Crippen LogP contribution in [0.3, 0.4) is 0 Å². The van der Waals surface area contributed by atoms with Crippen molar-refractivity contribution in [1.82, 2.24) is 19.8 Å². The highest BCUT2D eigenvalue weighted by Gasteiger charge is 2.27. The Kier molecular flexibility index (Phi) is 7.01. The number of amides is 1. The van der Waals surface area contributed by atoms with Gasteiger partial charge < -0.3 is 23.9 Å². The molecule has 178 valence electrons. The maximum absolute atomic E-state index is 12.1. The first kappa shape index (κ1) is 24.2. The summed E-state index contributed by atoms with van der Waals surface area (Å²) in [5.74, 6) is 0.697. The van der Waals surface area contributed by atoms with Crippen LogP contribution in [0, 0.1) is 0 Å². The number of carbonyl (C=O) groups excluding carboxylic acids is 2. The van der Waals surface area contributed by atoms with Gasteiger partial charge in [0.1, 0.15) is 28.7 Å². The van der Waals surface area contributed by atoms with E-state index in [-0.39, 0.29) is 18.4 Å². The highest BCUT2D eigenvalue weighted by atomic mass is 35.5. The standard InChI is InChI=1S/C21H26ClN5O6/c1-21(2,3)17-16(22)19-24-18(26-27(19)25-17)15-12(30-4)9-11(10-13(15)31-5)23-20(29)33-8-7-14(28)32-6/h9-10H,7-8H2,1-6H3,(H,23,29)(H,24,26). The zero-order valence-corrected chi connectivity index (χ0v) is 20.0. The van der Waals surface area contributed by atoms with Crippen molar-refractivity contribution in [3.05, 3.63) is 22.8 Å². The number of rotatable bonds is 7. The number of esters is 1. The molecule has 0 aliphatic rings. The van der Waals surface area contributed by atoms with Gasteiger partial charge in [0.05, 0.1) is 39.1 Å². The molecule has 2 N–H and O–H groups in total. The predicted molar refractivity (Wildman–Crippen MR) is 121 cm³/mol. The molecule has 0 radical (unpaired) electrons. The Morgan fingerprint density at radius 2 is 1.76 bits per heavy atom. The SMILES string of the molecule is COC(=O)CCOC(=O)Nc1cc(OC)c(-c2nn3nc(C(C)(C)C)c(Cl)c3[nH]2)c(OC)c1. The number of carbonyl (C=O) groups is 2. The first-order chi connectivity index (χ1) is 15.6. The number of nitrogens with one attached hydrogen (secondary N) is 2. The normalized spacial score (nSPS) is 11.4. The van der Waals surface area contributed by atoms with Gasteiger partial charge in [0, 0.05) is 17.5 Å². The number of fused-ring (bicyclic) bond motifs is 1. The molecule has 3 rings (SSSR count). The van der Waals surface area contributed by atoms with Crippen LogP contribution in [0.2, 0.25) is 5.02 Å². The molecule has 0 aliphatic carbocycles. The number of benzene rings is 1. The van der Waals surface area contributed by atoms with Crippen LogP contribution in [0.1, 0.15) is 32.9 Å². The highest BCUT2D eigenvalue weighted by molar-refractivity contribution is 6.34. The third-order valence-corrected chi connectivity index (χ3v) is 5.07. The Morgan fingerprint density at radius 1 is 1.12 bits per heavy atom. The third-order valence-electron chi connectivity index (χ3n) is 4.71. The molecule has 1 aromatic carbocycles. The molecule has 0 unspecified atom stereocenters. The number of aromatic nitrogens is 4. The lowest BCUT2D eigenvalue weighted by molar-refractivity contribution is -0.141. The summed E-state index contributed by atoms with van der Waals surface area (Å²) < 4.78 is 22.0. The number of hydrogen-bond donors (Lipinski definition) is 2. The van der Waals surface area contributed by atoms with Gasteiger partial charge in [0.2, 0.25) is 0 Å². The smallest absolute Gasteiger partial charge is 0.411 e. The summed E-state index contributed by atoms with van der Waals surface area (Å²) >= 11 is 6.54. The minimum Gasteiger partial charge on any atom is -0.496 e. The number of nitrogens with zero attached hydrogens (tertiary/aromatic N) is 3. The quantitative estimate of drug-likeness (QED) is 0.489. The van der Waals surface area contributed by atoms with Gasteiger partial charge in [0.25, 0.3) is 0 Å². The summed E-state index contributed by atoms with van der Waals surface area (Å²) in [4.78, 5) is 26.4. The van der Waals surface area contributed by atoms with Crippen LogP contribution in [0.25, 0.3) is 17.0 Å². The van der Waals surface area contributed by atoms with Crippen molar-refractivity contribution in [3.63, 3.8) is 0 Å². The van der Waals surface area contributed by atoms with Crippen LogP contribution in [0.4, 0.5) is 10.5 Å². The molecule has 0 spiro atoms. The molecule has 1 amide bonds. The van der Waals surface area contributed by atoms with Gasteiger partial charge >= 0.3 is 12.1 Å². The van der Waals surface area contributed by atoms with E-state index in [0.29, 0.717) is 39.2 Å². The summed E-state index contributed by atoms with van der Waals surface area (Å²) in [5, 5.41) is 12.1. The second kappa shape index (κ2) is 9.57. The second-order valence-corrected chi connectivity index (χ2v) is 8.45. The summed E-state index contributed by atoms with van der Waals surface area (Å²) in [7, 11) is 4.22. The maximum Gasteiger partial charge on any atom is 0.411 e. The van der Waals surface area contributed by atoms with Crippen molar-refractivity contribution in [2.75, 3.05) is 33.3 Å². The lowest BCUT2D eigenvalue weighted by atomic mass is 9.92. The zero-order valence-electron chi connectivity index (χ0n) is 19.2. The Morgan fingerprint density at radius 3 is 2.27 bits per heavy atom. The van der Waals surface area contributed by atoms with Crippen LogP contribution in [0.15, 0.2) is 12.1 Å². The van der Waals surface area contributed by atoms with Gasteiger partial charge in [-0.3, -0.25) is 10.1 Å². The molecule has 0 aliphatic heterocycles. The average Bonchev–Trinajstić information content (AvgIpc) is 3.31. The van der Waals surface area contributed by atoms with Crippen molar-refractivity contribution in [3.8, 4) is 22.9 Å². The average molecular weight is 480 g/mol. The summed E-state index contributed by atoms with van der Waals surface area (Å²) in [6, 6.07) is 3.18. The molecule has 12 heteroatoms. The first-order valence-corrected chi connectivity index (χ1v) is 10.4. The number of ether oxygens (including phenoxy) is 4. The van der Waals surface area contributed by atoms with E-state index in [1.54, 1.807) is 12.1 Å². The fourth-order valence-electron chi connectivity index (χ4n) is 3.09. The fraction of sp³-hybridized carbons (Fsp3) is 0.429. The first-order valence-electron chi connectivity index (χ1n) is 10.0. The molecular formula is C21H26ClN5O6. The van der Waals surface area contributed by atoms with Gasteiger partial charge in [0.15, 0.2) is 11.5 Å². The fourth-order valence-corrected chi connectivity index (χ4v) is 3.53. The largest absolute Gasteiger partial charge is 0.496 e. The molecule has 3 aromatic rings. The van der Waals surface area contributed by atoms with Gasteiger partial charge in [-0.15, -0.1) is 9.73 Å². The van der Waals surface area contributed by atoms with Crippen molar-refractivity contribution in [1.29, 1.82) is 0 Å². The van der Waals surface area contributed by atoms with Crippen LogP contribution < -0.4 is 14.8 Å². The van der Waals surface area contributed by atoms with Gasteiger partial charge in [-0.1, -0.05) is 32.4 Å². The predicted octanol–water partition coefficient (Wildman–Crippen LogP) is 3.80.